The van der Waals surface area contributed by atoms with Gasteiger partial charge in [0.2, 0.25) is 5.72 Å². The highest BCUT2D eigenvalue weighted by molar-refractivity contribution is 5.14. The predicted molar refractivity (Wildman–Crippen MR) is 140 cm³/mol. The molecule has 3 heteroatoms. The fourth-order valence-electron chi connectivity index (χ4n) is 11.4. The van der Waals surface area contributed by atoms with Crippen LogP contribution in [-0.2, 0) is 4.74 Å². The number of rotatable bonds is 5. The van der Waals surface area contributed by atoms with Crippen molar-refractivity contribution in [2.24, 2.45) is 57.7 Å². The average Bonchev–Trinajstić information content (AvgIpc) is 3.31. The van der Waals surface area contributed by atoms with Gasteiger partial charge < -0.3 is 15.0 Å². The molecule has 5 rings (SSSR count). The smallest absolute Gasteiger partial charge is 0.207 e. The molecule has 0 bridgehead atoms. The molecule has 1 heterocycles. The van der Waals surface area contributed by atoms with Crippen molar-refractivity contribution in [2.75, 3.05) is 13.2 Å². The molecule has 1 spiro atoms. The van der Waals surface area contributed by atoms with E-state index in [1.165, 1.54) is 64.2 Å². The Labute approximate surface area is 210 Å². The van der Waals surface area contributed by atoms with Crippen molar-refractivity contribution in [2.45, 2.75) is 125 Å². The first-order valence-corrected chi connectivity index (χ1v) is 15.1. The molecule has 0 amide bonds. The lowest BCUT2D eigenvalue weighted by Gasteiger charge is -2.67. The first-order valence-electron chi connectivity index (χ1n) is 15.1. The van der Waals surface area contributed by atoms with E-state index in [0.29, 0.717) is 35.0 Å². The highest BCUT2D eigenvalue weighted by Gasteiger charge is 2.69. The molecule has 1 N–H and O–H groups in total. The van der Waals surface area contributed by atoms with Crippen molar-refractivity contribution >= 4 is 0 Å². The van der Waals surface area contributed by atoms with Gasteiger partial charge in [0.25, 0.3) is 0 Å². The third-order valence-electron chi connectivity index (χ3n) is 13.1. The summed E-state index contributed by atoms with van der Waals surface area (Å²) < 4.78 is 6.36. The second-order valence-electron chi connectivity index (χ2n) is 15.1. The number of hydrogen-bond acceptors (Lipinski definition) is 2. The maximum Gasteiger partial charge on any atom is 0.207 e. The van der Waals surface area contributed by atoms with E-state index in [9.17, 15) is 5.21 Å². The number of nitrogens with one attached hydrogen (secondary N) is 1. The molecule has 0 aromatic rings. The lowest BCUT2D eigenvalue weighted by molar-refractivity contribution is -0.922. The summed E-state index contributed by atoms with van der Waals surface area (Å²) in [5, 5.41) is 13.5. The topological polar surface area (TPSA) is 36.7 Å². The molecule has 2 unspecified atom stereocenters. The fraction of sp³-hybridized carbons (Fsp3) is 1.00. The van der Waals surface area contributed by atoms with Gasteiger partial charge in [-0.25, -0.2) is 0 Å². The molecule has 34 heavy (non-hydrogen) atoms. The van der Waals surface area contributed by atoms with Crippen LogP contribution in [0.5, 0.6) is 0 Å². The van der Waals surface area contributed by atoms with Crippen LogP contribution in [0.25, 0.3) is 0 Å². The van der Waals surface area contributed by atoms with Crippen LogP contribution in [0.3, 0.4) is 0 Å². The summed E-state index contributed by atoms with van der Waals surface area (Å²) in [5.74, 6) is 5.99. The quantitative estimate of drug-likeness (QED) is 0.443. The average molecular weight is 474 g/mol. The number of quaternary nitrogens is 1. The molecule has 10 atom stereocenters. The van der Waals surface area contributed by atoms with E-state index < -0.39 is 5.72 Å². The van der Waals surface area contributed by atoms with Crippen LogP contribution < -0.4 is 5.06 Å². The maximum absolute atomic E-state index is 13.1. The second-order valence-corrected chi connectivity index (χ2v) is 15.1. The van der Waals surface area contributed by atoms with Crippen LogP contribution in [0, 0.1) is 62.9 Å². The first kappa shape index (κ1) is 25.5. The van der Waals surface area contributed by atoms with Crippen LogP contribution in [0.15, 0.2) is 0 Å². The van der Waals surface area contributed by atoms with E-state index in [0.717, 1.165) is 41.9 Å². The van der Waals surface area contributed by atoms with E-state index in [1.807, 2.05) is 0 Å². The monoisotopic (exact) mass is 473 g/mol. The van der Waals surface area contributed by atoms with Gasteiger partial charge in [0, 0.05) is 11.8 Å². The third kappa shape index (κ3) is 3.52. The van der Waals surface area contributed by atoms with Crippen molar-refractivity contribution in [1.29, 1.82) is 0 Å². The van der Waals surface area contributed by atoms with Gasteiger partial charge >= 0.3 is 0 Å². The lowest BCUT2D eigenvalue weighted by Crippen LogP contribution is -3.16. The summed E-state index contributed by atoms with van der Waals surface area (Å²) in [6.07, 6.45) is 14.9. The van der Waals surface area contributed by atoms with Gasteiger partial charge in [-0.15, -0.1) is 0 Å². The Balaban J connectivity index is 1.34. The molecule has 0 aromatic heterocycles. The molecule has 5 aliphatic rings. The minimum absolute atomic E-state index is 0.0392. The predicted octanol–water partition coefficient (Wildman–Crippen LogP) is 6.85. The summed E-state index contributed by atoms with van der Waals surface area (Å²) in [6.45, 7) is 18.8. The Kier molecular flexibility index (Phi) is 6.55. The van der Waals surface area contributed by atoms with E-state index >= 15 is 0 Å². The van der Waals surface area contributed by atoms with E-state index in [-0.39, 0.29) is 5.41 Å². The zero-order chi connectivity index (χ0) is 24.5. The Bertz CT molecular complexity index is 750. The summed E-state index contributed by atoms with van der Waals surface area (Å²) in [7, 11) is 0. The van der Waals surface area contributed by atoms with Gasteiger partial charge in [-0.05, 0) is 97.2 Å². The Hall–Kier alpha value is -0.120. The Morgan fingerprint density at radius 3 is 2.26 bits per heavy atom. The van der Waals surface area contributed by atoms with Crippen molar-refractivity contribution < 1.29 is 9.80 Å². The molecule has 5 fully saturated rings. The molecule has 1 saturated heterocycles. The van der Waals surface area contributed by atoms with Crippen LogP contribution in [0.1, 0.15) is 119 Å². The standard InChI is InChI=1S/C31H55NO2/c1-21(2)9-8-10-22(3)24-12-13-25-23-11-14-27-28(4,5)31(32(33)19-20-34-31)18-17-30(27,7)26(23)15-16-29(24,25)6/h21-27,32H,8-20H2,1-7H3/t22-,23+,24-,25+,26+,27+,29-,30-,31?/m1/s1. The van der Waals surface area contributed by atoms with Gasteiger partial charge in [-0.1, -0.05) is 67.7 Å². The van der Waals surface area contributed by atoms with Crippen molar-refractivity contribution in [3.05, 3.63) is 5.21 Å². The fourth-order valence-corrected chi connectivity index (χ4v) is 11.4. The van der Waals surface area contributed by atoms with Gasteiger partial charge in [0.15, 0.2) is 0 Å². The lowest BCUT2D eigenvalue weighted by atomic mass is 9.40. The highest BCUT2D eigenvalue weighted by Crippen LogP contribution is 2.71. The first-order chi connectivity index (χ1) is 16.0. The van der Waals surface area contributed by atoms with E-state index in [2.05, 4.69) is 48.5 Å². The normalized spacial score (nSPS) is 50.7. The highest BCUT2D eigenvalue weighted by atomic mass is 16.6. The van der Waals surface area contributed by atoms with Gasteiger partial charge in [0.1, 0.15) is 13.2 Å². The van der Waals surface area contributed by atoms with Gasteiger partial charge in [-0.2, -0.15) is 0 Å². The largest absolute Gasteiger partial charge is 0.632 e. The molecule has 0 radical (unpaired) electrons. The number of ether oxygens (including phenoxy) is 1. The van der Waals surface area contributed by atoms with Crippen molar-refractivity contribution in [1.82, 2.24) is 0 Å². The van der Waals surface area contributed by atoms with E-state index in [4.69, 9.17) is 4.74 Å². The zero-order valence-corrected chi connectivity index (χ0v) is 23.6. The van der Waals surface area contributed by atoms with Crippen LogP contribution >= 0.6 is 0 Å². The minimum atomic E-state index is -0.489. The minimum Gasteiger partial charge on any atom is -0.632 e. The second kappa shape index (κ2) is 8.73. The van der Waals surface area contributed by atoms with Crippen LogP contribution in [0.2, 0.25) is 0 Å². The Morgan fingerprint density at radius 1 is 0.853 bits per heavy atom. The van der Waals surface area contributed by atoms with Crippen LogP contribution in [0.4, 0.5) is 0 Å². The van der Waals surface area contributed by atoms with Crippen molar-refractivity contribution in [3.63, 3.8) is 0 Å². The Morgan fingerprint density at radius 2 is 1.59 bits per heavy atom. The molecule has 0 aromatic carbocycles. The number of fused-ring (bicyclic) bond motifs is 5. The molecule has 1 aliphatic heterocycles. The third-order valence-corrected chi connectivity index (χ3v) is 13.1. The summed E-state index contributed by atoms with van der Waals surface area (Å²) in [6, 6.07) is 0. The molecule has 4 aliphatic carbocycles. The number of hydroxylamine groups is 2. The SMILES string of the molecule is CC(C)CCC[C@@H](C)[C@H]1CC[C@H]2[C@@H]3CC[C@H]4C(C)(C)C5(CC[C@]4(C)[C@H]3CC[C@]12C)OCC[NH+]5[O-]. The zero-order valence-electron chi connectivity index (χ0n) is 23.6. The van der Waals surface area contributed by atoms with Crippen LogP contribution in [-0.4, -0.2) is 18.9 Å². The summed E-state index contributed by atoms with van der Waals surface area (Å²) in [5.41, 5.74) is 0.420. The molecule has 4 saturated carbocycles. The maximum atomic E-state index is 13.1. The molecular formula is C31H55NO2. The summed E-state index contributed by atoms with van der Waals surface area (Å²) in [4.78, 5) is 0. The van der Waals surface area contributed by atoms with Gasteiger partial charge in [0.05, 0.1) is 0 Å². The van der Waals surface area contributed by atoms with E-state index in [1.54, 1.807) is 0 Å². The van der Waals surface area contributed by atoms with Gasteiger partial charge in [-0.3, -0.25) is 0 Å². The molecule has 196 valence electrons. The van der Waals surface area contributed by atoms with Crippen molar-refractivity contribution in [3.8, 4) is 0 Å². The molecular weight excluding hydrogens is 418 g/mol. The number of hydrogen-bond donors (Lipinski definition) is 1. The molecule has 3 nitrogen and oxygen atoms in total. The summed E-state index contributed by atoms with van der Waals surface area (Å²) >= 11 is 0.